The number of phenolic OH excluding ortho intramolecular Hbond substituents is 2. The maximum atomic E-state index is 12.9. The first-order chi connectivity index (χ1) is 13.2. The van der Waals surface area contributed by atoms with Crippen molar-refractivity contribution in [1.29, 1.82) is 0 Å². The molecule has 1 aliphatic heterocycles. The fourth-order valence-corrected chi connectivity index (χ4v) is 3.01. The second-order valence-corrected chi connectivity index (χ2v) is 6.57. The summed E-state index contributed by atoms with van der Waals surface area (Å²) >= 11 is 0. The quantitative estimate of drug-likeness (QED) is 0.611. The maximum Gasteiger partial charge on any atom is 0.343 e. The van der Waals surface area contributed by atoms with E-state index in [1.165, 1.54) is 32.3 Å². The molecule has 0 spiro atoms. The van der Waals surface area contributed by atoms with Crippen molar-refractivity contribution in [3.63, 3.8) is 0 Å². The first-order valence-electron chi connectivity index (χ1n) is 8.46. The number of ketones is 2. The maximum absolute atomic E-state index is 12.9. The molecule has 0 radical (unpaired) electrons. The van der Waals surface area contributed by atoms with E-state index in [0.717, 1.165) is 6.07 Å². The Kier molecular flexibility index (Phi) is 4.68. The van der Waals surface area contributed by atoms with Crippen molar-refractivity contribution in [3.8, 4) is 11.5 Å². The van der Waals surface area contributed by atoms with Gasteiger partial charge in [0.05, 0.1) is 5.57 Å². The summed E-state index contributed by atoms with van der Waals surface area (Å²) in [6, 6.07) is 2.23. The van der Waals surface area contributed by atoms with Crippen LogP contribution in [-0.2, 0) is 19.1 Å². The van der Waals surface area contributed by atoms with Gasteiger partial charge in [-0.1, -0.05) is 6.08 Å². The summed E-state index contributed by atoms with van der Waals surface area (Å²) in [5.74, 6) is -2.77. The minimum atomic E-state index is -2.10. The summed E-state index contributed by atoms with van der Waals surface area (Å²) in [4.78, 5) is 38.2. The van der Waals surface area contributed by atoms with Gasteiger partial charge in [-0.15, -0.1) is 0 Å². The Labute approximate surface area is 160 Å². The van der Waals surface area contributed by atoms with Crippen molar-refractivity contribution in [2.24, 2.45) is 0 Å². The lowest BCUT2D eigenvalue weighted by Gasteiger charge is -2.31. The van der Waals surface area contributed by atoms with E-state index in [-0.39, 0.29) is 22.4 Å². The number of esters is 1. The molecule has 0 saturated carbocycles. The Morgan fingerprint density at radius 3 is 2.57 bits per heavy atom. The average molecular weight is 382 g/mol. The van der Waals surface area contributed by atoms with Gasteiger partial charge < -0.3 is 19.7 Å². The lowest BCUT2D eigenvalue weighted by Crippen LogP contribution is -2.50. The fraction of sp³-hybridized carbons (Fsp3) is 0.190. The molecule has 0 amide bonds. The Balaban J connectivity index is 1.96. The summed E-state index contributed by atoms with van der Waals surface area (Å²) in [7, 11) is 0. The van der Waals surface area contributed by atoms with E-state index in [9.17, 15) is 24.6 Å². The molecule has 1 atom stereocenters. The first kappa shape index (κ1) is 19.2. The highest BCUT2D eigenvalue weighted by molar-refractivity contribution is 6.26. The zero-order valence-corrected chi connectivity index (χ0v) is 15.5. The highest BCUT2D eigenvalue weighted by Gasteiger charge is 2.49. The third-order valence-corrected chi connectivity index (χ3v) is 4.49. The second-order valence-electron chi connectivity index (χ2n) is 6.57. The SMILES string of the molecule is CC=CC1=CC2=CC(=O)[C@](C)(OC(=O)c3c(C)cc(O)cc3O)C(=O)C2=CO1. The number of rotatable bonds is 3. The van der Waals surface area contributed by atoms with E-state index in [4.69, 9.17) is 9.47 Å². The molecule has 2 N–H and O–H groups in total. The molecule has 7 heteroatoms. The van der Waals surface area contributed by atoms with Crippen LogP contribution in [0.3, 0.4) is 0 Å². The van der Waals surface area contributed by atoms with Gasteiger partial charge in [0.2, 0.25) is 17.2 Å². The third kappa shape index (κ3) is 3.11. The van der Waals surface area contributed by atoms with Gasteiger partial charge in [0.25, 0.3) is 0 Å². The van der Waals surface area contributed by atoms with Crippen molar-refractivity contribution in [3.05, 3.63) is 70.7 Å². The van der Waals surface area contributed by atoms with Gasteiger partial charge in [0, 0.05) is 6.07 Å². The summed E-state index contributed by atoms with van der Waals surface area (Å²) in [6.45, 7) is 4.47. The van der Waals surface area contributed by atoms with Crippen LogP contribution in [0.25, 0.3) is 0 Å². The summed E-state index contributed by atoms with van der Waals surface area (Å²) < 4.78 is 10.6. The molecule has 0 fully saturated rings. The normalized spacial score (nSPS) is 21.5. The van der Waals surface area contributed by atoms with Gasteiger partial charge in [0.15, 0.2) is 0 Å². The summed E-state index contributed by atoms with van der Waals surface area (Å²) in [5, 5.41) is 19.5. The van der Waals surface area contributed by atoms with Gasteiger partial charge >= 0.3 is 5.97 Å². The second kappa shape index (κ2) is 6.84. The molecule has 7 nitrogen and oxygen atoms in total. The minimum Gasteiger partial charge on any atom is -0.508 e. The van der Waals surface area contributed by atoms with E-state index in [1.807, 2.05) is 0 Å². The van der Waals surface area contributed by atoms with Crippen LogP contribution in [-0.4, -0.2) is 33.3 Å². The molecule has 2 aliphatic rings. The van der Waals surface area contributed by atoms with Crippen molar-refractivity contribution in [1.82, 2.24) is 0 Å². The lowest BCUT2D eigenvalue weighted by atomic mass is 9.80. The number of carbonyl (C=O) groups excluding carboxylic acids is 3. The Bertz CT molecular complexity index is 1000. The number of allylic oxidation sites excluding steroid dienone is 4. The molecular formula is C21H18O7. The zero-order chi connectivity index (χ0) is 20.6. The van der Waals surface area contributed by atoms with Gasteiger partial charge in [-0.05, 0) is 56.2 Å². The molecule has 1 aromatic rings. The van der Waals surface area contributed by atoms with E-state index in [2.05, 4.69) is 0 Å². The third-order valence-electron chi connectivity index (χ3n) is 4.49. The van der Waals surface area contributed by atoms with Crippen LogP contribution in [0.15, 0.2) is 59.6 Å². The largest absolute Gasteiger partial charge is 0.508 e. The van der Waals surface area contributed by atoms with Gasteiger partial charge in [-0.3, -0.25) is 9.59 Å². The topological polar surface area (TPSA) is 110 Å². The predicted octanol–water partition coefficient (Wildman–Crippen LogP) is 2.77. The number of Topliss-reactive ketones (excluding diaryl/α,β-unsaturated/α-hetero) is 1. The first-order valence-corrected chi connectivity index (χ1v) is 8.46. The zero-order valence-electron chi connectivity index (χ0n) is 15.5. The number of hydrogen-bond acceptors (Lipinski definition) is 7. The highest BCUT2D eigenvalue weighted by Crippen LogP contribution is 2.35. The molecule has 0 bridgehead atoms. The van der Waals surface area contributed by atoms with Crippen molar-refractivity contribution < 1.29 is 34.1 Å². The molecule has 1 heterocycles. The highest BCUT2D eigenvalue weighted by atomic mass is 16.6. The number of phenols is 2. The van der Waals surface area contributed by atoms with E-state index < -0.39 is 28.9 Å². The molecule has 0 unspecified atom stereocenters. The van der Waals surface area contributed by atoms with Gasteiger partial charge in [-0.2, -0.15) is 0 Å². The standard InChI is InChI=1S/C21H18O7/c1-4-5-14-7-12-8-17(24)21(3,19(25)15(12)10-27-14)28-20(26)18-11(2)6-13(22)9-16(18)23/h4-10,22-23H,1-3H3/t21-/m0/s1. The Morgan fingerprint density at radius 2 is 1.93 bits per heavy atom. The van der Waals surface area contributed by atoms with E-state index in [0.29, 0.717) is 11.3 Å². The Morgan fingerprint density at radius 1 is 1.21 bits per heavy atom. The van der Waals surface area contributed by atoms with Crippen LogP contribution in [0.2, 0.25) is 0 Å². The summed E-state index contributed by atoms with van der Waals surface area (Å²) in [6.07, 6.45) is 7.40. The Hall–Kier alpha value is -3.61. The van der Waals surface area contributed by atoms with Crippen LogP contribution in [0.5, 0.6) is 11.5 Å². The predicted molar refractivity (Wildman–Crippen MR) is 98.5 cm³/mol. The molecule has 3 rings (SSSR count). The van der Waals surface area contributed by atoms with Crippen LogP contribution >= 0.6 is 0 Å². The van der Waals surface area contributed by atoms with Gasteiger partial charge in [0.1, 0.15) is 29.1 Å². The van der Waals surface area contributed by atoms with Crippen molar-refractivity contribution >= 4 is 17.5 Å². The lowest BCUT2D eigenvalue weighted by molar-refractivity contribution is -0.145. The number of aromatic hydroxyl groups is 2. The van der Waals surface area contributed by atoms with Crippen LogP contribution in [0.1, 0.15) is 29.8 Å². The number of benzene rings is 1. The minimum absolute atomic E-state index is 0.106. The van der Waals surface area contributed by atoms with Crippen LogP contribution < -0.4 is 0 Å². The number of carbonyl (C=O) groups is 3. The van der Waals surface area contributed by atoms with E-state index in [1.54, 1.807) is 25.2 Å². The molecule has 0 aromatic heterocycles. The average Bonchev–Trinajstić information content (AvgIpc) is 2.59. The van der Waals surface area contributed by atoms with Crippen molar-refractivity contribution in [2.75, 3.05) is 0 Å². The fourth-order valence-electron chi connectivity index (χ4n) is 3.01. The number of fused-ring (bicyclic) bond motifs is 1. The van der Waals surface area contributed by atoms with E-state index >= 15 is 0 Å². The molecule has 1 aliphatic carbocycles. The molecule has 144 valence electrons. The monoisotopic (exact) mass is 382 g/mol. The number of ether oxygens (including phenoxy) is 2. The number of aryl methyl sites for hydroxylation is 1. The number of hydrogen-bond donors (Lipinski definition) is 2. The molecule has 0 saturated heterocycles. The van der Waals surface area contributed by atoms with Crippen LogP contribution in [0.4, 0.5) is 0 Å². The summed E-state index contributed by atoms with van der Waals surface area (Å²) in [5.41, 5.74) is -1.63. The van der Waals surface area contributed by atoms with Crippen molar-refractivity contribution in [2.45, 2.75) is 26.4 Å². The van der Waals surface area contributed by atoms with Crippen LogP contribution in [0, 0.1) is 6.92 Å². The molecule has 1 aromatic carbocycles. The van der Waals surface area contributed by atoms with Gasteiger partial charge in [-0.25, -0.2) is 4.79 Å². The smallest absolute Gasteiger partial charge is 0.343 e. The molecular weight excluding hydrogens is 364 g/mol. The molecule has 28 heavy (non-hydrogen) atoms.